The maximum absolute atomic E-state index is 11.6. The van der Waals surface area contributed by atoms with E-state index in [0.29, 0.717) is 6.42 Å². The van der Waals surface area contributed by atoms with Gasteiger partial charge in [-0.25, -0.2) is 0 Å². The minimum Gasteiger partial charge on any atom is -0.355 e. The first kappa shape index (κ1) is 13.4. The van der Waals surface area contributed by atoms with E-state index < -0.39 is 0 Å². The molecule has 2 rings (SSSR count). The van der Waals surface area contributed by atoms with Crippen LogP contribution < -0.4 is 10.6 Å². The highest BCUT2D eigenvalue weighted by Crippen LogP contribution is 2.47. The standard InChI is InChI=1S/C14H19ClN2O/c1-16-9-6-13(18)17-10-14(7-8-14)11-2-4-12(15)5-3-11/h2-5,16H,6-10H2,1H3,(H,17,18). The highest BCUT2D eigenvalue weighted by Gasteiger charge is 2.44. The van der Waals surface area contributed by atoms with E-state index in [1.54, 1.807) is 0 Å². The van der Waals surface area contributed by atoms with Gasteiger partial charge in [-0.05, 0) is 37.6 Å². The molecule has 1 aliphatic rings. The van der Waals surface area contributed by atoms with Crippen LogP contribution >= 0.6 is 11.6 Å². The van der Waals surface area contributed by atoms with Crippen molar-refractivity contribution in [2.75, 3.05) is 20.1 Å². The average molecular weight is 267 g/mol. The Morgan fingerprint density at radius 1 is 1.33 bits per heavy atom. The lowest BCUT2D eigenvalue weighted by Crippen LogP contribution is -2.33. The van der Waals surface area contributed by atoms with Crippen LogP contribution in [-0.2, 0) is 10.2 Å². The molecule has 1 aromatic carbocycles. The van der Waals surface area contributed by atoms with Gasteiger partial charge in [-0.2, -0.15) is 0 Å². The van der Waals surface area contributed by atoms with Gasteiger partial charge < -0.3 is 10.6 Å². The Morgan fingerprint density at radius 2 is 2.00 bits per heavy atom. The van der Waals surface area contributed by atoms with Crippen molar-refractivity contribution in [2.24, 2.45) is 0 Å². The maximum Gasteiger partial charge on any atom is 0.221 e. The molecule has 0 spiro atoms. The second-order valence-corrected chi connectivity index (χ2v) is 5.35. The number of hydrogen-bond acceptors (Lipinski definition) is 2. The highest BCUT2D eigenvalue weighted by atomic mass is 35.5. The highest BCUT2D eigenvalue weighted by molar-refractivity contribution is 6.30. The second kappa shape index (κ2) is 5.72. The van der Waals surface area contributed by atoms with E-state index in [2.05, 4.69) is 22.8 Å². The molecule has 1 saturated carbocycles. The predicted molar refractivity (Wildman–Crippen MR) is 73.9 cm³/mol. The molecular formula is C14H19ClN2O. The molecule has 0 saturated heterocycles. The van der Waals surface area contributed by atoms with Gasteiger partial charge in [0.15, 0.2) is 0 Å². The first-order valence-electron chi connectivity index (χ1n) is 6.34. The number of carbonyl (C=O) groups is 1. The van der Waals surface area contributed by atoms with Crippen LogP contribution in [0.2, 0.25) is 5.02 Å². The van der Waals surface area contributed by atoms with Gasteiger partial charge in [0.2, 0.25) is 5.91 Å². The first-order valence-corrected chi connectivity index (χ1v) is 6.71. The van der Waals surface area contributed by atoms with Crippen LogP contribution in [0.5, 0.6) is 0 Å². The number of rotatable bonds is 6. The van der Waals surface area contributed by atoms with Crippen molar-refractivity contribution in [3.8, 4) is 0 Å². The summed E-state index contributed by atoms with van der Waals surface area (Å²) < 4.78 is 0. The molecule has 1 aliphatic carbocycles. The summed E-state index contributed by atoms with van der Waals surface area (Å²) >= 11 is 5.89. The third-order valence-corrected chi connectivity index (χ3v) is 3.79. The number of benzene rings is 1. The maximum atomic E-state index is 11.6. The average Bonchev–Trinajstić information content (AvgIpc) is 3.16. The van der Waals surface area contributed by atoms with Gasteiger partial charge in [0, 0.05) is 29.9 Å². The fourth-order valence-electron chi connectivity index (χ4n) is 2.12. The van der Waals surface area contributed by atoms with Crippen molar-refractivity contribution in [3.63, 3.8) is 0 Å². The first-order chi connectivity index (χ1) is 8.66. The zero-order valence-electron chi connectivity index (χ0n) is 10.6. The zero-order valence-corrected chi connectivity index (χ0v) is 11.4. The summed E-state index contributed by atoms with van der Waals surface area (Å²) in [6, 6.07) is 7.96. The Hall–Kier alpha value is -1.06. The smallest absolute Gasteiger partial charge is 0.221 e. The predicted octanol–water partition coefficient (Wildman–Crippen LogP) is 2.10. The third kappa shape index (κ3) is 3.24. The summed E-state index contributed by atoms with van der Waals surface area (Å²) in [7, 11) is 1.85. The van der Waals surface area contributed by atoms with Gasteiger partial charge in [-0.15, -0.1) is 0 Å². The molecule has 1 aromatic rings. The van der Waals surface area contributed by atoms with E-state index >= 15 is 0 Å². The zero-order chi connectivity index (χ0) is 13.0. The molecule has 0 heterocycles. The summed E-state index contributed by atoms with van der Waals surface area (Å²) in [5.41, 5.74) is 1.43. The number of nitrogens with one attached hydrogen (secondary N) is 2. The van der Waals surface area contributed by atoms with Gasteiger partial charge in [0.1, 0.15) is 0 Å². The Bertz CT molecular complexity index is 412. The lowest BCUT2D eigenvalue weighted by Gasteiger charge is -2.16. The van der Waals surface area contributed by atoms with E-state index in [0.717, 1.165) is 31.0 Å². The number of amides is 1. The number of carbonyl (C=O) groups excluding carboxylic acids is 1. The lowest BCUT2D eigenvalue weighted by molar-refractivity contribution is -0.121. The van der Waals surface area contributed by atoms with Crippen LogP contribution in [0.1, 0.15) is 24.8 Å². The lowest BCUT2D eigenvalue weighted by atomic mass is 9.96. The van der Waals surface area contributed by atoms with E-state index in [4.69, 9.17) is 11.6 Å². The van der Waals surface area contributed by atoms with Crippen molar-refractivity contribution in [3.05, 3.63) is 34.9 Å². The summed E-state index contributed by atoms with van der Waals surface area (Å²) in [6.07, 6.45) is 2.81. The van der Waals surface area contributed by atoms with E-state index in [1.165, 1.54) is 5.56 Å². The van der Waals surface area contributed by atoms with Crippen molar-refractivity contribution in [1.82, 2.24) is 10.6 Å². The molecule has 3 nitrogen and oxygen atoms in total. The molecule has 1 amide bonds. The molecule has 98 valence electrons. The Labute approximate surface area is 113 Å². The Kier molecular flexibility index (Phi) is 4.25. The molecular weight excluding hydrogens is 248 g/mol. The minimum atomic E-state index is 0.115. The normalized spacial score (nSPS) is 16.3. The molecule has 0 bridgehead atoms. The van der Waals surface area contributed by atoms with Crippen molar-refractivity contribution < 1.29 is 4.79 Å². The van der Waals surface area contributed by atoms with Crippen LogP contribution in [0, 0.1) is 0 Å². The van der Waals surface area contributed by atoms with Crippen LogP contribution in [0.4, 0.5) is 0 Å². The fourth-order valence-corrected chi connectivity index (χ4v) is 2.24. The monoisotopic (exact) mass is 266 g/mol. The molecule has 18 heavy (non-hydrogen) atoms. The van der Waals surface area contributed by atoms with E-state index in [-0.39, 0.29) is 11.3 Å². The Morgan fingerprint density at radius 3 is 2.56 bits per heavy atom. The van der Waals surface area contributed by atoms with Gasteiger partial charge in [-0.3, -0.25) is 4.79 Å². The van der Waals surface area contributed by atoms with Crippen LogP contribution in [0.25, 0.3) is 0 Å². The minimum absolute atomic E-state index is 0.115. The topological polar surface area (TPSA) is 41.1 Å². The van der Waals surface area contributed by atoms with Gasteiger partial charge >= 0.3 is 0 Å². The van der Waals surface area contributed by atoms with Crippen LogP contribution in [0.3, 0.4) is 0 Å². The van der Waals surface area contributed by atoms with Gasteiger partial charge in [0.05, 0.1) is 0 Å². The Balaban J connectivity index is 1.88. The molecule has 0 radical (unpaired) electrons. The van der Waals surface area contributed by atoms with Crippen LogP contribution in [-0.4, -0.2) is 26.0 Å². The molecule has 0 aliphatic heterocycles. The number of hydrogen-bond donors (Lipinski definition) is 2. The summed E-state index contributed by atoms with van der Waals surface area (Å²) in [6.45, 7) is 1.46. The molecule has 0 atom stereocenters. The molecule has 4 heteroatoms. The third-order valence-electron chi connectivity index (χ3n) is 3.54. The second-order valence-electron chi connectivity index (χ2n) is 4.92. The van der Waals surface area contributed by atoms with Crippen molar-refractivity contribution in [1.29, 1.82) is 0 Å². The molecule has 2 N–H and O–H groups in total. The quantitative estimate of drug-likeness (QED) is 0.828. The van der Waals surface area contributed by atoms with E-state index in [9.17, 15) is 4.79 Å². The largest absolute Gasteiger partial charge is 0.355 e. The molecule has 0 aromatic heterocycles. The fraction of sp³-hybridized carbons (Fsp3) is 0.500. The van der Waals surface area contributed by atoms with Crippen LogP contribution in [0.15, 0.2) is 24.3 Å². The van der Waals surface area contributed by atoms with Crippen molar-refractivity contribution >= 4 is 17.5 Å². The summed E-state index contributed by atoms with van der Waals surface area (Å²) in [4.78, 5) is 11.6. The molecule has 1 fully saturated rings. The summed E-state index contributed by atoms with van der Waals surface area (Å²) in [5, 5.41) is 6.75. The van der Waals surface area contributed by atoms with Gasteiger partial charge in [-0.1, -0.05) is 23.7 Å². The van der Waals surface area contributed by atoms with Gasteiger partial charge in [0.25, 0.3) is 0 Å². The number of halogens is 1. The summed E-state index contributed by atoms with van der Waals surface area (Å²) in [5.74, 6) is 0.115. The SMILES string of the molecule is CNCCC(=O)NCC1(c2ccc(Cl)cc2)CC1. The molecule has 0 unspecified atom stereocenters. The van der Waals surface area contributed by atoms with Crippen molar-refractivity contribution in [2.45, 2.75) is 24.7 Å². The van der Waals surface area contributed by atoms with E-state index in [1.807, 2.05) is 19.2 Å².